The largest absolute Gasteiger partial charge is 0.446 e. The fourth-order valence-corrected chi connectivity index (χ4v) is 3.54. The van der Waals surface area contributed by atoms with Crippen LogP contribution in [0.5, 0.6) is 0 Å². The quantitative estimate of drug-likeness (QED) is 0.747. The first-order valence-corrected chi connectivity index (χ1v) is 9.84. The highest BCUT2D eigenvalue weighted by molar-refractivity contribution is 8.00. The lowest BCUT2D eigenvalue weighted by atomic mass is 9.94. The van der Waals surface area contributed by atoms with Gasteiger partial charge >= 0.3 is 5.51 Å². The zero-order valence-corrected chi connectivity index (χ0v) is 16.5. The number of amides is 2. The number of hydrogen-bond donors (Lipinski definition) is 1. The van der Waals surface area contributed by atoms with Crippen molar-refractivity contribution in [3.8, 4) is 0 Å². The van der Waals surface area contributed by atoms with Crippen molar-refractivity contribution in [3.05, 3.63) is 29.8 Å². The Balaban J connectivity index is 1.98. The second-order valence-corrected chi connectivity index (χ2v) is 8.26. The molecular weight excluding hydrogens is 377 g/mol. The summed E-state index contributed by atoms with van der Waals surface area (Å²) in [5.41, 5.74) is -4.40. The molecule has 27 heavy (non-hydrogen) atoms. The first-order valence-electron chi connectivity index (χ1n) is 9.03. The minimum Gasteiger partial charge on any atom is -0.353 e. The van der Waals surface area contributed by atoms with Crippen LogP contribution < -0.4 is 5.32 Å². The maximum atomic E-state index is 12.7. The van der Waals surface area contributed by atoms with Gasteiger partial charge in [0.05, 0.1) is 5.56 Å². The molecule has 0 aromatic heterocycles. The number of nitrogens with zero attached hydrogens (tertiary/aromatic N) is 1. The van der Waals surface area contributed by atoms with Crippen LogP contribution in [-0.2, 0) is 4.79 Å². The number of thioether (sulfide) groups is 1. The van der Waals surface area contributed by atoms with Crippen LogP contribution in [0.25, 0.3) is 0 Å². The summed E-state index contributed by atoms with van der Waals surface area (Å²) < 4.78 is 38.2. The number of benzene rings is 1. The number of rotatable bonds is 5. The highest BCUT2D eigenvalue weighted by atomic mass is 32.2. The minimum atomic E-state index is -4.45. The van der Waals surface area contributed by atoms with E-state index < -0.39 is 11.4 Å². The molecule has 4 nitrogen and oxygen atoms in total. The van der Waals surface area contributed by atoms with Gasteiger partial charge in [0.15, 0.2) is 0 Å². The van der Waals surface area contributed by atoms with Crippen molar-refractivity contribution in [2.24, 2.45) is 11.8 Å². The van der Waals surface area contributed by atoms with E-state index >= 15 is 0 Å². The topological polar surface area (TPSA) is 49.4 Å². The van der Waals surface area contributed by atoms with Gasteiger partial charge in [-0.1, -0.05) is 26.0 Å². The fraction of sp³-hybridized carbons (Fsp3) is 0.579. The van der Waals surface area contributed by atoms with Gasteiger partial charge in [-0.2, -0.15) is 13.2 Å². The van der Waals surface area contributed by atoms with Crippen molar-refractivity contribution in [1.29, 1.82) is 0 Å². The Morgan fingerprint density at radius 3 is 2.30 bits per heavy atom. The molecule has 1 heterocycles. The number of halogens is 3. The summed E-state index contributed by atoms with van der Waals surface area (Å²) in [6.07, 6.45) is 1.02. The van der Waals surface area contributed by atoms with E-state index in [-0.39, 0.29) is 40.1 Å². The maximum absolute atomic E-state index is 12.7. The molecule has 8 heteroatoms. The molecule has 0 saturated carbocycles. The van der Waals surface area contributed by atoms with E-state index in [9.17, 15) is 22.8 Å². The molecular formula is C19H25F3N2O2S. The number of hydrogen-bond acceptors (Lipinski definition) is 3. The molecule has 0 spiro atoms. The number of piperidine rings is 1. The molecule has 150 valence electrons. The van der Waals surface area contributed by atoms with E-state index in [2.05, 4.69) is 5.32 Å². The van der Waals surface area contributed by atoms with Gasteiger partial charge < -0.3 is 10.2 Å². The summed E-state index contributed by atoms with van der Waals surface area (Å²) in [6.45, 7) is 6.73. The second-order valence-electron chi connectivity index (χ2n) is 7.15. The van der Waals surface area contributed by atoms with Gasteiger partial charge in [0.1, 0.15) is 0 Å². The number of carbonyl (C=O) groups is 2. The van der Waals surface area contributed by atoms with Crippen LogP contribution in [0.3, 0.4) is 0 Å². The van der Waals surface area contributed by atoms with Crippen molar-refractivity contribution in [3.63, 3.8) is 0 Å². The number of likely N-dealkylation sites (tertiary alicyclic amines) is 1. The van der Waals surface area contributed by atoms with Gasteiger partial charge in [0.2, 0.25) is 5.91 Å². The Labute approximate surface area is 161 Å². The molecule has 1 fully saturated rings. The van der Waals surface area contributed by atoms with Gasteiger partial charge in [-0.05, 0) is 49.6 Å². The third-order valence-electron chi connectivity index (χ3n) is 4.87. The summed E-state index contributed by atoms with van der Waals surface area (Å²) in [6, 6.07) is 5.83. The smallest absolute Gasteiger partial charge is 0.353 e. The zero-order valence-electron chi connectivity index (χ0n) is 15.7. The highest BCUT2D eigenvalue weighted by Gasteiger charge is 2.33. The van der Waals surface area contributed by atoms with E-state index in [0.29, 0.717) is 31.8 Å². The highest BCUT2D eigenvalue weighted by Crippen LogP contribution is 2.39. The van der Waals surface area contributed by atoms with Gasteiger partial charge in [-0.25, -0.2) is 0 Å². The van der Waals surface area contributed by atoms with E-state index in [4.69, 9.17) is 0 Å². The molecule has 0 bridgehead atoms. The molecule has 2 rings (SSSR count). The molecule has 1 N–H and O–H groups in total. The zero-order chi connectivity index (χ0) is 20.2. The van der Waals surface area contributed by atoms with Crippen LogP contribution in [-0.4, -0.2) is 41.4 Å². The fourth-order valence-electron chi connectivity index (χ4n) is 2.88. The Kier molecular flexibility index (Phi) is 7.19. The predicted molar refractivity (Wildman–Crippen MR) is 99.4 cm³/mol. The molecule has 1 aromatic rings. The third kappa shape index (κ3) is 6.16. The summed E-state index contributed by atoms with van der Waals surface area (Å²) >= 11 is -0.277. The summed E-state index contributed by atoms with van der Waals surface area (Å²) in [5.74, 6) is -0.277. The number of alkyl halides is 3. The normalized spacial score (nSPS) is 17.1. The predicted octanol–water partition coefficient (Wildman–Crippen LogP) is 4.31. The molecule has 1 aliphatic heterocycles. The van der Waals surface area contributed by atoms with Gasteiger partial charge in [0.25, 0.3) is 5.91 Å². The lowest BCUT2D eigenvalue weighted by Crippen LogP contribution is -2.45. The van der Waals surface area contributed by atoms with Crippen LogP contribution in [0, 0.1) is 11.8 Å². The van der Waals surface area contributed by atoms with Crippen molar-refractivity contribution >= 4 is 23.6 Å². The van der Waals surface area contributed by atoms with E-state index in [1.165, 1.54) is 23.1 Å². The van der Waals surface area contributed by atoms with Gasteiger partial charge in [-0.3, -0.25) is 9.59 Å². The Morgan fingerprint density at radius 1 is 1.15 bits per heavy atom. The average Bonchev–Trinajstić information content (AvgIpc) is 2.60. The first kappa shape index (κ1) is 21.6. The molecule has 1 atom stereocenters. The van der Waals surface area contributed by atoms with Crippen molar-refractivity contribution < 1.29 is 22.8 Å². The first-order chi connectivity index (χ1) is 12.6. The van der Waals surface area contributed by atoms with E-state index in [1.54, 1.807) is 6.07 Å². The van der Waals surface area contributed by atoms with Crippen LogP contribution >= 0.6 is 11.8 Å². The molecule has 2 amide bonds. The molecule has 1 aromatic carbocycles. The van der Waals surface area contributed by atoms with Crippen LogP contribution in [0.15, 0.2) is 29.2 Å². The lowest BCUT2D eigenvalue weighted by molar-refractivity contribution is -0.127. The summed E-state index contributed by atoms with van der Waals surface area (Å²) in [4.78, 5) is 26.5. The van der Waals surface area contributed by atoms with Crippen LogP contribution in [0.2, 0.25) is 0 Å². The van der Waals surface area contributed by atoms with Gasteiger partial charge in [0, 0.05) is 29.9 Å². The van der Waals surface area contributed by atoms with E-state index in [0.717, 1.165) is 0 Å². The molecule has 1 unspecified atom stereocenters. The van der Waals surface area contributed by atoms with Crippen molar-refractivity contribution in [2.45, 2.75) is 50.1 Å². The molecule has 1 saturated heterocycles. The minimum absolute atomic E-state index is 0.0173. The van der Waals surface area contributed by atoms with E-state index in [1.807, 2.05) is 20.8 Å². The Bertz CT molecular complexity index is 671. The molecule has 0 radical (unpaired) electrons. The Morgan fingerprint density at radius 2 is 1.74 bits per heavy atom. The van der Waals surface area contributed by atoms with Crippen LogP contribution in [0.4, 0.5) is 13.2 Å². The standard InChI is InChI=1S/C19H25F3N2O2S/c1-12(2)13(3)23-17(25)14-8-10-24(11-9-14)18(26)15-6-4-5-7-16(15)27-19(20,21)22/h4-7,12-14H,8-11H2,1-3H3,(H,23,25). The van der Waals surface area contributed by atoms with Crippen molar-refractivity contribution in [2.75, 3.05) is 13.1 Å². The Hall–Kier alpha value is -1.70. The second kappa shape index (κ2) is 8.99. The van der Waals surface area contributed by atoms with Crippen LogP contribution in [0.1, 0.15) is 44.0 Å². The average molecular weight is 402 g/mol. The summed E-state index contributed by atoms with van der Waals surface area (Å²) in [5, 5.41) is 2.99. The lowest BCUT2D eigenvalue weighted by Gasteiger charge is -2.32. The molecule has 1 aliphatic rings. The number of carbonyl (C=O) groups excluding carboxylic acids is 2. The van der Waals surface area contributed by atoms with Gasteiger partial charge in [-0.15, -0.1) is 0 Å². The maximum Gasteiger partial charge on any atom is 0.446 e. The number of nitrogens with one attached hydrogen (secondary N) is 1. The monoisotopic (exact) mass is 402 g/mol. The molecule has 0 aliphatic carbocycles. The summed E-state index contributed by atoms with van der Waals surface area (Å²) in [7, 11) is 0. The van der Waals surface area contributed by atoms with Crippen molar-refractivity contribution in [1.82, 2.24) is 10.2 Å². The third-order valence-corrected chi connectivity index (χ3v) is 5.67. The SMILES string of the molecule is CC(C)C(C)NC(=O)C1CCN(C(=O)c2ccccc2SC(F)(F)F)CC1.